The fourth-order valence-electron chi connectivity index (χ4n) is 2.69. The maximum Gasteiger partial charge on any atom is 0.253 e. The Labute approximate surface area is 137 Å². The molecule has 0 saturated carbocycles. The molecule has 1 fully saturated rings. The number of ether oxygens (including phenoxy) is 1. The summed E-state index contributed by atoms with van der Waals surface area (Å²) in [6, 6.07) is 8.86. The van der Waals surface area contributed by atoms with Crippen LogP contribution < -0.4 is 4.74 Å². The highest BCUT2D eigenvalue weighted by molar-refractivity contribution is 5.94. The van der Waals surface area contributed by atoms with Gasteiger partial charge < -0.3 is 9.64 Å². The molecule has 0 aromatic heterocycles. The van der Waals surface area contributed by atoms with E-state index >= 15 is 0 Å². The molecule has 1 heterocycles. The van der Waals surface area contributed by atoms with Crippen LogP contribution in [0.2, 0.25) is 0 Å². The Hall–Kier alpha value is -2.50. The normalized spacial score (nSPS) is 15.4. The van der Waals surface area contributed by atoms with Crippen molar-refractivity contribution in [1.29, 1.82) is 0 Å². The number of likely N-dealkylation sites (tertiary alicyclic amines) is 1. The fraction of sp³-hybridized carbons (Fsp3) is 0.278. The van der Waals surface area contributed by atoms with E-state index in [1.54, 1.807) is 4.90 Å². The Morgan fingerprint density at radius 2 is 1.62 bits per heavy atom. The fourth-order valence-corrected chi connectivity index (χ4v) is 2.69. The lowest BCUT2D eigenvalue weighted by atomic mass is 10.1. The van der Waals surface area contributed by atoms with Crippen LogP contribution in [0.3, 0.4) is 0 Å². The Balaban J connectivity index is 1.56. The highest BCUT2D eigenvalue weighted by Crippen LogP contribution is 2.22. The maximum atomic E-state index is 13.2. The molecular formula is C18H16F3NO2. The molecule has 0 aliphatic carbocycles. The molecule has 24 heavy (non-hydrogen) atoms. The molecule has 0 radical (unpaired) electrons. The van der Waals surface area contributed by atoms with Crippen LogP contribution in [0.25, 0.3) is 0 Å². The third-order valence-electron chi connectivity index (χ3n) is 4.01. The van der Waals surface area contributed by atoms with Crippen LogP contribution in [0.4, 0.5) is 13.2 Å². The summed E-state index contributed by atoms with van der Waals surface area (Å²) in [6.07, 6.45) is 1.02. The first-order valence-corrected chi connectivity index (χ1v) is 7.69. The van der Waals surface area contributed by atoms with E-state index < -0.39 is 11.6 Å². The van der Waals surface area contributed by atoms with Gasteiger partial charge in [-0.2, -0.15) is 0 Å². The second-order valence-corrected chi connectivity index (χ2v) is 5.69. The number of amides is 1. The van der Waals surface area contributed by atoms with E-state index in [0.717, 1.165) is 12.1 Å². The van der Waals surface area contributed by atoms with Crippen molar-refractivity contribution in [2.45, 2.75) is 18.9 Å². The van der Waals surface area contributed by atoms with Gasteiger partial charge in [-0.25, -0.2) is 13.2 Å². The molecule has 1 amide bonds. The van der Waals surface area contributed by atoms with Crippen molar-refractivity contribution >= 4 is 5.91 Å². The molecule has 3 nitrogen and oxygen atoms in total. The van der Waals surface area contributed by atoms with Gasteiger partial charge in [-0.3, -0.25) is 4.79 Å². The zero-order valence-electron chi connectivity index (χ0n) is 12.8. The van der Waals surface area contributed by atoms with Crippen LogP contribution in [-0.2, 0) is 0 Å². The summed E-state index contributed by atoms with van der Waals surface area (Å²) in [4.78, 5) is 14.0. The van der Waals surface area contributed by atoms with Crippen LogP contribution in [0, 0.1) is 17.5 Å². The van der Waals surface area contributed by atoms with Gasteiger partial charge in [0.25, 0.3) is 5.91 Å². The Kier molecular flexibility index (Phi) is 4.74. The van der Waals surface area contributed by atoms with E-state index in [1.807, 2.05) is 0 Å². The Bertz CT molecular complexity index is 726. The number of carbonyl (C=O) groups is 1. The van der Waals surface area contributed by atoms with E-state index in [4.69, 9.17) is 4.74 Å². The van der Waals surface area contributed by atoms with Gasteiger partial charge in [-0.15, -0.1) is 0 Å². The van der Waals surface area contributed by atoms with Crippen molar-refractivity contribution in [2.24, 2.45) is 0 Å². The molecule has 2 aromatic rings. The smallest absolute Gasteiger partial charge is 0.253 e. The highest BCUT2D eigenvalue weighted by Gasteiger charge is 2.25. The standard InChI is InChI=1S/C18H16F3NO2/c19-13-3-1-12(2-4-13)18(23)22-9-7-14(8-10-22)24-15-5-6-16(20)17(21)11-15/h1-6,11,14H,7-10H2. The molecule has 2 aromatic carbocycles. The lowest BCUT2D eigenvalue weighted by Crippen LogP contribution is -2.41. The summed E-state index contributed by atoms with van der Waals surface area (Å²) in [6.45, 7) is 0.981. The second-order valence-electron chi connectivity index (χ2n) is 5.69. The lowest BCUT2D eigenvalue weighted by molar-refractivity contribution is 0.0595. The van der Waals surface area contributed by atoms with E-state index in [1.165, 1.54) is 30.3 Å². The Morgan fingerprint density at radius 1 is 0.958 bits per heavy atom. The largest absolute Gasteiger partial charge is 0.490 e. The quantitative estimate of drug-likeness (QED) is 0.854. The van der Waals surface area contributed by atoms with Gasteiger partial charge in [-0.05, 0) is 36.4 Å². The molecule has 1 saturated heterocycles. The zero-order chi connectivity index (χ0) is 17.1. The van der Waals surface area contributed by atoms with Crippen molar-refractivity contribution in [1.82, 2.24) is 4.90 Å². The topological polar surface area (TPSA) is 29.5 Å². The predicted octanol–water partition coefficient (Wildman–Crippen LogP) is 3.79. The number of rotatable bonds is 3. The van der Waals surface area contributed by atoms with Crippen molar-refractivity contribution in [2.75, 3.05) is 13.1 Å². The molecular weight excluding hydrogens is 319 g/mol. The molecule has 0 N–H and O–H groups in total. The molecule has 0 atom stereocenters. The highest BCUT2D eigenvalue weighted by atomic mass is 19.2. The average molecular weight is 335 g/mol. The van der Waals surface area contributed by atoms with Crippen LogP contribution in [-0.4, -0.2) is 30.0 Å². The van der Waals surface area contributed by atoms with Crippen LogP contribution in [0.15, 0.2) is 42.5 Å². The molecule has 3 rings (SSSR count). The third-order valence-corrected chi connectivity index (χ3v) is 4.01. The predicted molar refractivity (Wildman–Crippen MR) is 82.3 cm³/mol. The van der Waals surface area contributed by atoms with E-state index in [2.05, 4.69) is 0 Å². The number of carbonyl (C=O) groups excluding carboxylic acids is 1. The number of nitrogens with zero attached hydrogens (tertiary/aromatic N) is 1. The lowest BCUT2D eigenvalue weighted by Gasteiger charge is -2.32. The SMILES string of the molecule is O=C(c1ccc(F)cc1)N1CCC(Oc2ccc(F)c(F)c2)CC1. The van der Waals surface area contributed by atoms with Crippen LogP contribution in [0.1, 0.15) is 23.2 Å². The molecule has 126 valence electrons. The van der Waals surface area contributed by atoms with Gasteiger partial charge in [0.1, 0.15) is 17.7 Å². The van der Waals surface area contributed by atoms with Gasteiger partial charge in [0.2, 0.25) is 0 Å². The average Bonchev–Trinajstić information content (AvgIpc) is 2.59. The zero-order valence-corrected chi connectivity index (χ0v) is 12.8. The van der Waals surface area contributed by atoms with Gasteiger partial charge in [0, 0.05) is 37.6 Å². The number of hydrogen-bond donors (Lipinski definition) is 0. The third kappa shape index (κ3) is 3.69. The minimum absolute atomic E-state index is 0.152. The van der Waals surface area contributed by atoms with E-state index in [9.17, 15) is 18.0 Å². The first-order chi connectivity index (χ1) is 11.5. The number of benzene rings is 2. The van der Waals surface area contributed by atoms with Gasteiger partial charge in [0.15, 0.2) is 11.6 Å². The number of halogens is 3. The van der Waals surface area contributed by atoms with Crippen molar-refractivity contribution in [3.8, 4) is 5.75 Å². The summed E-state index contributed by atoms with van der Waals surface area (Å²) in [5, 5.41) is 0. The molecule has 1 aliphatic rings. The summed E-state index contributed by atoms with van der Waals surface area (Å²) in [5.41, 5.74) is 0.441. The monoisotopic (exact) mass is 335 g/mol. The van der Waals surface area contributed by atoms with Gasteiger partial charge in [0.05, 0.1) is 0 Å². The first-order valence-electron chi connectivity index (χ1n) is 7.69. The van der Waals surface area contributed by atoms with E-state index in [0.29, 0.717) is 31.5 Å². The van der Waals surface area contributed by atoms with E-state index in [-0.39, 0.29) is 23.6 Å². The first kappa shape index (κ1) is 16.4. The number of piperidine rings is 1. The maximum absolute atomic E-state index is 13.2. The molecule has 0 spiro atoms. The Morgan fingerprint density at radius 3 is 2.25 bits per heavy atom. The minimum atomic E-state index is -0.948. The second kappa shape index (κ2) is 6.95. The molecule has 6 heteroatoms. The summed E-state index contributed by atoms with van der Waals surface area (Å²) < 4.78 is 44.6. The summed E-state index contributed by atoms with van der Waals surface area (Å²) >= 11 is 0. The van der Waals surface area contributed by atoms with Crippen molar-refractivity contribution in [3.05, 3.63) is 65.5 Å². The minimum Gasteiger partial charge on any atom is -0.490 e. The van der Waals surface area contributed by atoms with Gasteiger partial charge >= 0.3 is 0 Å². The van der Waals surface area contributed by atoms with Crippen LogP contribution in [0.5, 0.6) is 5.75 Å². The summed E-state index contributed by atoms with van der Waals surface area (Å²) in [5.74, 6) is -2.12. The summed E-state index contributed by atoms with van der Waals surface area (Å²) in [7, 11) is 0. The molecule has 0 bridgehead atoms. The van der Waals surface area contributed by atoms with Crippen LogP contribution >= 0.6 is 0 Å². The van der Waals surface area contributed by atoms with Gasteiger partial charge in [-0.1, -0.05) is 0 Å². The molecule has 1 aliphatic heterocycles. The van der Waals surface area contributed by atoms with Crippen molar-refractivity contribution in [3.63, 3.8) is 0 Å². The number of hydrogen-bond acceptors (Lipinski definition) is 2. The molecule has 0 unspecified atom stereocenters. The van der Waals surface area contributed by atoms with Crippen molar-refractivity contribution < 1.29 is 22.7 Å².